The first-order chi connectivity index (χ1) is 9.73. The summed E-state index contributed by atoms with van der Waals surface area (Å²) in [6, 6.07) is 4.66. The maximum absolute atomic E-state index is 2.34. The Balaban J connectivity index is 0.000000461. The molecule has 2 aliphatic rings. The monoisotopic (exact) mass is 274 g/mol. The lowest BCUT2D eigenvalue weighted by atomic mass is 9.69. The van der Waals surface area contributed by atoms with E-state index in [2.05, 4.69) is 26.0 Å². The minimum Gasteiger partial charge on any atom is -0.0683 e. The van der Waals surface area contributed by atoms with Crippen molar-refractivity contribution in [2.75, 3.05) is 0 Å². The zero-order chi connectivity index (χ0) is 15.2. The second-order valence-corrected chi connectivity index (χ2v) is 5.89. The fourth-order valence-electron chi connectivity index (χ4n) is 4.15. The molecule has 1 spiro atoms. The van der Waals surface area contributed by atoms with Crippen LogP contribution >= 0.6 is 0 Å². The van der Waals surface area contributed by atoms with Crippen molar-refractivity contribution in [1.82, 2.24) is 0 Å². The summed E-state index contributed by atoms with van der Waals surface area (Å²) in [6.45, 7) is 12.6. The average Bonchev–Trinajstić information content (AvgIpc) is 2.88. The Morgan fingerprint density at radius 2 is 1.30 bits per heavy atom. The van der Waals surface area contributed by atoms with Gasteiger partial charge in [-0.2, -0.15) is 0 Å². The molecule has 2 aliphatic carbocycles. The van der Waals surface area contributed by atoms with Gasteiger partial charge in [-0.1, -0.05) is 59.1 Å². The quantitative estimate of drug-likeness (QED) is 0.506. The third-order valence-electron chi connectivity index (χ3n) is 4.95. The molecule has 20 heavy (non-hydrogen) atoms. The first-order valence-corrected chi connectivity index (χ1v) is 8.82. The Hall–Kier alpha value is -0.780. The van der Waals surface area contributed by atoms with E-state index in [1.54, 1.807) is 16.7 Å². The first kappa shape index (κ1) is 17.3. The molecule has 0 radical (unpaired) electrons. The van der Waals surface area contributed by atoms with E-state index in [4.69, 9.17) is 0 Å². The molecule has 0 heteroatoms. The van der Waals surface area contributed by atoms with Crippen molar-refractivity contribution in [2.24, 2.45) is 0 Å². The lowest BCUT2D eigenvalue weighted by Gasteiger charge is -2.35. The maximum atomic E-state index is 2.34. The number of aryl methyl sites for hydroxylation is 2. The first-order valence-electron chi connectivity index (χ1n) is 8.82. The fraction of sp³-hybridized carbons (Fsp3) is 0.700. The average molecular weight is 274 g/mol. The van der Waals surface area contributed by atoms with Crippen LogP contribution in [-0.4, -0.2) is 0 Å². The second kappa shape index (κ2) is 7.86. The molecule has 0 atom stereocenters. The highest BCUT2D eigenvalue weighted by molar-refractivity contribution is 5.48. The molecular weight excluding hydrogens is 240 g/mol. The van der Waals surface area contributed by atoms with Crippen molar-refractivity contribution in [1.29, 1.82) is 0 Å². The van der Waals surface area contributed by atoms with Crippen LogP contribution in [0.3, 0.4) is 0 Å². The van der Waals surface area contributed by atoms with Crippen LogP contribution in [0.2, 0.25) is 0 Å². The minimum absolute atomic E-state index is 0.587. The van der Waals surface area contributed by atoms with Crippen molar-refractivity contribution >= 4 is 0 Å². The van der Waals surface area contributed by atoms with Crippen molar-refractivity contribution in [2.45, 2.75) is 91.9 Å². The molecule has 0 amide bonds. The van der Waals surface area contributed by atoms with E-state index in [1.165, 1.54) is 50.5 Å². The second-order valence-electron chi connectivity index (χ2n) is 5.89. The van der Waals surface area contributed by atoms with Crippen LogP contribution in [0.15, 0.2) is 12.1 Å². The molecule has 0 saturated heterocycles. The van der Waals surface area contributed by atoms with Crippen LogP contribution in [-0.2, 0) is 11.8 Å². The van der Waals surface area contributed by atoms with Gasteiger partial charge in [-0.05, 0) is 67.2 Å². The smallest absolute Gasteiger partial charge is 0.00384 e. The number of rotatable bonds is 0. The molecule has 0 heterocycles. The normalized spacial score (nSPS) is 18.5. The van der Waals surface area contributed by atoms with Gasteiger partial charge in [-0.15, -0.1) is 0 Å². The van der Waals surface area contributed by atoms with Gasteiger partial charge in [0.15, 0.2) is 0 Å². The number of hydrogen-bond acceptors (Lipinski definition) is 0. The SMILES string of the molecule is CC.CC.Cc1ccc(C)c2c1CCC21CCCCC1. The van der Waals surface area contributed by atoms with Crippen LogP contribution in [0.1, 0.15) is 88.5 Å². The van der Waals surface area contributed by atoms with E-state index in [9.17, 15) is 0 Å². The lowest BCUT2D eigenvalue weighted by Crippen LogP contribution is -2.26. The predicted octanol–water partition coefficient (Wildman–Crippen LogP) is 6.50. The molecule has 0 bridgehead atoms. The van der Waals surface area contributed by atoms with Gasteiger partial charge in [0, 0.05) is 0 Å². The van der Waals surface area contributed by atoms with Gasteiger partial charge in [0.05, 0.1) is 0 Å². The van der Waals surface area contributed by atoms with E-state index >= 15 is 0 Å². The standard InChI is InChI=1S/C16H22.2C2H6/c1-12-6-7-13(2)15-14(12)8-11-16(15)9-4-3-5-10-16;2*1-2/h6-7H,3-5,8-11H2,1-2H3;2*1-2H3. The van der Waals surface area contributed by atoms with Gasteiger partial charge < -0.3 is 0 Å². The van der Waals surface area contributed by atoms with Crippen molar-refractivity contribution < 1.29 is 0 Å². The summed E-state index contributed by atoms with van der Waals surface area (Å²) in [5, 5.41) is 0. The summed E-state index contributed by atoms with van der Waals surface area (Å²) in [6.07, 6.45) is 10.0. The van der Waals surface area contributed by atoms with Gasteiger partial charge in [0.1, 0.15) is 0 Å². The Labute approximate surface area is 127 Å². The van der Waals surface area contributed by atoms with Gasteiger partial charge in [0.2, 0.25) is 0 Å². The van der Waals surface area contributed by atoms with Crippen molar-refractivity contribution in [3.05, 3.63) is 34.4 Å². The Morgan fingerprint density at radius 3 is 1.90 bits per heavy atom. The molecule has 0 N–H and O–H groups in total. The van der Waals surface area contributed by atoms with E-state index in [0.717, 1.165) is 0 Å². The molecule has 1 aromatic rings. The maximum Gasteiger partial charge on any atom is -0.00384 e. The highest BCUT2D eigenvalue weighted by Crippen LogP contribution is 2.50. The van der Waals surface area contributed by atoms with E-state index < -0.39 is 0 Å². The number of hydrogen-bond donors (Lipinski definition) is 0. The Kier molecular flexibility index (Phi) is 6.79. The molecule has 0 aliphatic heterocycles. The van der Waals surface area contributed by atoms with Gasteiger partial charge in [-0.3, -0.25) is 0 Å². The van der Waals surface area contributed by atoms with Crippen LogP contribution in [0.5, 0.6) is 0 Å². The fourth-order valence-corrected chi connectivity index (χ4v) is 4.15. The summed E-state index contributed by atoms with van der Waals surface area (Å²) in [4.78, 5) is 0. The molecule has 3 rings (SSSR count). The van der Waals surface area contributed by atoms with Crippen molar-refractivity contribution in [3.63, 3.8) is 0 Å². The molecule has 0 aromatic heterocycles. The largest absolute Gasteiger partial charge is 0.0683 e. The highest BCUT2D eigenvalue weighted by atomic mass is 14.4. The molecule has 0 nitrogen and oxygen atoms in total. The molecule has 1 fully saturated rings. The molecule has 114 valence electrons. The molecular formula is C20H34. The number of fused-ring (bicyclic) bond motifs is 2. The van der Waals surface area contributed by atoms with E-state index in [0.29, 0.717) is 5.41 Å². The third kappa shape index (κ3) is 3.10. The van der Waals surface area contributed by atoms with Gasteiger partial charge >= 0.3 is 0 Å². The predicted molar refractivity (Wildman–Crippen MR) is 91.7 cm³/mol. The van der Waals surface area contributed by atoms with E-state index in [1.807, 2.05) is 27.7 Å². The number of benzene rings is 1. The van der Waals surface area contributed by atoms with E-state index in [-0.39, 0.29) is 0 Å². The molecule has 0 unspecified atom stereocenters. The third-order valence-corrected chi connectivity index (χ3v) is 4.95. The Bertz CT molecular complexity index is 408. The van der Waals surface area contributed by atoms with Crippen LogP contribution in [0.4, 0.5) is 0 Å². The zero-order valence-electron chi connectivity index (χ0n) is 14.6. The zero-order valence-corrected chi connectivity index (χ0v) is 14.6. The Morgan fingerprint density at radius 1 is 0.750 bits per heavy atom. The summed E-state index contributed by atoms with van der Waals surface area (Å²) >= 11 is 0. The van der Waals surface area contributed by atoms with Gasteiger partial charge in [-0.25, -0.2) is 0 Å². The molecule has 1 saturated carbocycles. The van der Waals surface area contributed by atoms with Gasteiger partial charge in [0.25, 0.3) is 0 Å². The topological polar surface area (TPSA) is 0 Å². The van der Waals surface area contributed by atoms with Crippen LogP contribution in [0.25, 0.3) is 0 Å². The summed E-state index contributed by atoms with van der Waals surface area (Å²) in [5.74, 6) is 0. The van der Waals surface area contributed by atoms with Crippen LogP contribution < -0.4 is 0 Å². The highest BCUT2D eigenvalue weighted by Gasteiger charge is 2.40. The van der Waals surface area contributed by atoms with Crippen molar-refractivity contribution in [3.8, 4) is 0 Å². The lowest BCUT2D eigenvalue weighted by molar-refractivity contribution is 0.291. The summed E-state index contributed by atoms with van der Waals surface area (Å²) in [7, 11) is 0. The molecule has 1 aromatic carbocycles. The van der Waals surface area contributed by atoms with Crippen LogP contribution in [0, 0.1) is 13.8 Å². The summed E-state index contributed by atoms with van der Waals surface area (Å²) < 4.78 is 0. The minimum atomic E-state index is 0.587. The summed E-state index contributed by atoms with van der Waals surface area (Å²) in [5.41, 5.74) is 7.13.